The Kier molecular flexibility index (Phi) is 3.96. The Balaban J connectivity index is 2.20. The molecule has 1 N–H and O–H groups in total. The predicted octanol–water partition coefficient (Wildman–Crippen LogP) is 2.24. The van der Waals surface area contributed by atoms with Crippen molar-refractivity contribution in [2.75, 3.05) is 25.2 Å². The Morgan fingerprint density at radius 1 is 1.31 bits per heavy atom. The van der Waals surface area contributed by atoms with Crippen molar-refractivity contribution >= 4 is 11.8 Å². The van der Waals surface area contributed by atoms with Crippen LogP contribution in [-0.4, -0.2) is 30.3 Å². The van der Waals surface area contributed by atoms with Gasteiger partial charge in [-0.1, -0.05) is 6.07 Å². The van der Waals surface area contributed by atoms with Crippen molar-refractivity contribution < 1.29 is 14.6 Å². The zero-order valence-corrected chi connectivity index (χ0v) is 10.1. The Labute approximate surface area is 99.8 Å². The molecule has 0 spiro atoms. The molecule has 0 radical (unpaired) electrons. The molecule has 1 aliphatic rings. The highest BCUT2D eigenvalue weighted by Crippen LogP contribution is 2.32. The number of aliphatic hydroxyl groups excluding tert-OH is 1. The molecule has 1 aromatic carbocycles. The van der Waals surface area contributed by atoms with Crippen LogP contribution < -0.4 is 9.47 Å². The summed E-state index contributed by atoms with van der Waals surface area (Å²) in [7, 11) is 0. The molecule has 0 fully saturated rings. The second-order valence-corrected chi connectivity index (χ2v) is 4.64. The Hall–Kier alpha value is -0.870. The molecule has 0 aliphatic carbocycles. The molecule has 1 aromatic rings. The Bertz CT molecular complexity index is 354. The van der Waals surface area contributed by atoms with Crippen LogP contribution in [0.25, 0.3) is 0 Å². The van der Waals surface area contributed by atoms with Crippen molar-refractivity contribution in [2.24, 2.45) is 0 Å². The molecule has 0 amide bonds. The fraction of sp³-hybridized carbons (Fsp3) is 0.500. The summed E-state index contributed by atoms with van der Waals surface area (Å²) < 4.78 is 11.1. The Morgan fingerprint density at radius 3 is 2.81 bits per heavy atom. The first-order valence-corrected chi connectivity index (χ1v) is 6.77. The molecule has 1 atom stereocenters. The molecule has 2 rings (SSSR count). The predicted molar refractivity (Wildman–Crippen MR) is 65.4 cm³/mol. The number of ether oxygens (including phenoxy) is 2. The minimum atomic E-state index is -0.438. The van der Waals surface area contributed by atoms with Gasteiger partial charge in [-0.15, -0.1) is 0 Å². The van der Waals surface area contributed by atoms with Crippen molar-refractivity contribution in [1.82, 2.24) is 0 Å². The highest BCUT2D eigenvalue weighted by molar-refractivity contribution is 7.98. The SMILES string of the molecule is CSCC(O)c1ccc2c(c1)OCCCO2. The zero-order chi connectivity index (χ0) is 11.4. The first-order chi connectivity index (χ1) is 7.81. The smallest absolute Gasteiger partial charge is 0.161 e. The van der Waals surface area contributed by atoms with Gasteiger partial charge in [0.2, 0.25) is 0 Å². The molecule has 0 saturated carbocycles. The summed E-state index contributed by atoms with van der Waals surface area (Å²) >= 11 is 1.62. The summed E-state index contributed by atoms with van der Waals surface area (Å²) in [5, 5.41) is 9.88. The van der Waals surface area contributed by atoms with E-state index < -0.39 is 6.10 Å². The summed E-state index contributed by atoms with van der Waals surface area (Å²) in [6, 6.07) is 5.65. The standard InChI is InChI=1S/C12H16O3S/c1-16-8-10(13)9-3-4-11-12(7-9)15-6-2-5-14-11/h3-4,7,10,13H,2,5-6,8H2,1H3. The molecule has 0 bridgehead atoms. The van der Waals surface area contributed by atoms with E-state index in [1.807, 2.05) is 24.5 Å². The van der Waals surface area contributed by atoms with Gasteiger partial charge in [0.05, 0.1) is 19.3 Å². The molecule has 0 aromatic heterocycles. The van der Waals surface area contributed by atoms with Gasteiger partial charge in [-0.05, 0) is 24.0 Å². The third kappa shape index (κ3) is 2.62. The number of thioether (sulfide) groups is 1. The first-order valence-electron chi connectivity index (χ1n) is 5.38. The lowest BCUT2D eigenvalue weighted by Gasteiger charge is -2.13. The van der Waals surface area contributed by atoms with Gasteiger partial charge in [-0.3, -0.25) is 0 Å². The minimum absolute atomic E-state index is 0.438. The molecule has 1 unspecified atom stereocenters. The topological polar surface area (TPSA) is 38.7 Å². The van der Waals surface area contributed by atoms with E-state index in [1.54, 1.807) is 11.8 Å². The zero-order valence-electron chi connectivity index (χ0n) is 9.31. The van der Waals surface area contributed by atoms with Gasteiger partial charge in [0.1, 0.15) is 0 Å². The van der Waals surface area contributed by atoms with Crippen molar-refractivity contribution in [3.05, 3.63) is 23.8 Å². The van der Waals surface area contributed by atoms with E-state index in [1.165, 1.54) is 0 Å². The van der Waals surface area contributed by atoms with Crippen LogP contribution in [0.1, 0.15) is 18.1 Å². The molecule has 4 heteroatoms. The number of fused-ring (bicyclic) bond motifs is 1. The molecule has 16 heavy (non-hydrogen) atoms. The lowest BCUT2D eigenvalue weighted by atomic mass is 10.1. The summed E-state index contributed by atoms with van der Waals surface area (Å²) in [6.07, 6.45) is 2.44. The van der Waals surface area contributed by atoms with Gasteiger partial charge in [-0.25, -0.2) is 0 Å². The average Bonchev–Trinajstić information content (AvgIpc) is 2.53. The summed E-state index contributed by atoms with van der Waals surface area (Å²) in [5.74, 6) is 2.22. The quantitative estimate of drug-likeness (QED) is 0.879. The Morgan fingerprint density at radius 2 is 2.06 bits per heavy atom. The van der Waals surface area contributed by atoms with E-state index in [-0.39, 0.29) is 0 Å². The molecule has 88 valence electrons. The van der Waals surface area contributed by atoms with Gasteiger partial charge in [0, 0.05) is 12.2 Å². The third-order valence-electron chi connectivity index (χ3n) is 2.48. The lowest BCUT2D eigenvalue weighted by molar-refractivity contribution is 0.203. The normalized spacial score (nSPS) is 16.6. The van der Waals surface area contributed by atoms with E-state index in [4.69, 9.17) is 9.47 Å². The third-order valence-corrected chi connectivity index (χ3v) is 3.13. The van der Waals surface area contributed by atoms with Crippen molar-refractivity contribution in [3.63, 3.8) is 0 Å². The minimum Gasteiger partial charge on any atom is -0.490 e. The maximum Gasteiger partial charge on any atom is 0.161 e. The molecule has 1 aliphatic heterocycles. The molecular weight excluding hydrogens is 224 g/mol. The second kappa shape index (κ2) is 5.46. The van der Waals surface area contributed by atoms with E-state index >= 15 is 0 Å². The van der Waals surface area contributed by atoms with Crippen LogP contribution in [0.2, 0.25) is 0 Å². The largest absolute Gasteiger partial charge is 0.490 e. The van der Waals surface area contributed by atoms with Gasteiger partial charge < -0.3 is 14.6 Å². The first kappa shape index (κ1) is 11.6. The summed E-state index contributed by atoms with van der Waals surface area (Å²) in [4.78, 5) is 0. The molecule has 1 heterocycles. The average molecular weight is 240 g/mol. The molecular formula is C12H16O3S. The van der Waals surface area contributed by atoms with Gasteiger partial charge in [-0.2, -0.15) is 11.8 Å². The molecule has 0 saturated heterocycles. The molecule has 3 nitrogen and oxygen atoms in total. The van der Waals surface area contributed by atoms with Crippen LogP contribution in [0, 0.1) is 0 Å². The highest BCUT2D eigenvalue weighted by Gasteiger charge is 2.14. The van der Waals surface area contributed by atoms with E-state index in [0.717, 1.165) is 23.5 Å². The van der Waals surface area contributed by atoms with Crippen LogP contribution in [0.5, 0.6) is 11.5 Å². The number of benzene rings is 1. The monoisotopic (exact) mass is 240 g/mol. The highest BCUT2D eigenvalue weighted by atomic mass is 32.2. The number of hydrogen-bond donors (Lipinski definition) is 1. The van der Waals surface area contributed by atoms with Crippen molar-refractivity contribution in [1.29, 1.82) is 0 Å². The van der Waals surface area contributed by atoms with Gasteiger partial charge in [0.15, 0.2) is 11.5 Å². The van der Waals surface area contributed by atoms with E-state index in [0.29, 0.717) is 19.0 Å². The maximum absolute atomic E-state index is 9.88. The van der Waals surface area contributed by atoms with Gasteiger partial charge in [0.25, 0.3) is 0 Å². The van der Waals surface area contributed by atoms with E-state index in [2.05, 4.69) is 0 Å². The van der Waals surface area contributed by atoms with Crippen molar-refractivity contribution in [3.8, 4) is 11.5 Å². The summed E-state index contributed by atoms with van der Waals surface area (Å²) in [5.41, 5.74) is 0.888. The van der Waals surface area contributed by atoms with Gasteiger partial charge >= 0.3 is 0 Å². The van der Waals surface area contributed by atoms with Crippen LogP contribution >= 0.6 is 11.8 Å². The second-order valence-electron chi connectivity index (χ2n) is 3.73. The maximum atomic E-state index is 9.88. The van der Waals surface area contributed by atoms with Crippen LogP contribution in [0.15, 0.2) is 18.2 Å². The number of rotatable bonds is 3. The number of aliphatic hydroxyl groups is 1. The summed E-state index contributed by atoms with van der Waals surface area (Å²) in [6.45, 7) is 1.37. The fourth-order valence-corrected chi connectivity index (χ4v) is 2.15. The number of hydrogen-bond acceptors (Lipinski definition) is 4. The van der Waals surface area contributed by atoms with E-state index in [9.17, 15) is 5.11 Å². The van der Waals surface area contributed by atoms with Crippen LogP contribution in [-0.2, 0) is 0 Å². The van der Waals surface area contributed by atoms with Crippen molar-refractivity contribution in [2.45, 2.75) is 12.5 Å². The van der Waals surface area contributed by atoms with Crippen LogP contribution in [0.3, 0.4) is 0 Å². The van der Waals surface area contributed by atoms with Crippen LogP contribution in [0.4, 0.5) is 0 Å². The fourth-order valence-electron chi connectivity index (χ4n) is 1.64. The lowest BCUT2D eigenvalue weighted by Crippen LogP contribution is -2.01.